The first kappa shape index (κ1) is 14.7. The summed E-state index contributed by atoms with van der Waals surface area (Å²) in [6.07, 6.45) is 0.357. The maximum absolute atomic E-state index is 12.0. The van der Waals surface area contributed by atoms with Crippen LogP contribution in [0.15, 0.2) is 16.6 Å². The molecule has 0 fully saturated rings. The summed E-state index contributed by atoms with van der Waals surface area (Å²) in [5.41, 5.74) is 2.26. The van der Waals surface area contributed by atoms with Gasteiger partial charge in [0.05, 0.1) is 0 Å². The van der Waals surface area contributed by atoms with E-state index in [9.17, 15) is 9.59 Å². The van der Waals surface area contributed by atoms with E-state index < -0.39 is 12.0 Å². The van der Waals surface area contributed by atoms with Crippen LogP contribution in [0.25, 0.3) is 0 Å². The van der Waals surface area contributed by atoms with Crippen LogP contribution in [-0.2, 0) is 4.79 Å². The second-order valence-electron chi connectivity index (χ2n) is 4.19. The van der Waals surface area contributed by atoms with Gasteiger partial charge in [-0.3, -0.25) is 4.79 Å². The molecule has 0 spiro atoms. The molecule has 0 radical (unpaired) electrons. The minimum absolute atomic E-state index is 0.350. The summed E-state index contributed by atoms with van der Waals surface area (Å²) >= 11 is 3.39. The van der Waals surface area contributed by atoms with Gasteiger partial charge in [-0.1, -0.05) is 22.9 Å². The quantitative estimate of drug-likeness (QED) is 0.898. The number of amides is 1. The molecule has 98 valence electrons. The summed E-state index contributed by atoms with van der Waals surface area (Å²) in [7, 11) is 0. The van der Waals surface area contributed by atoms with E-state index in [1.165, 1.54) is 0 Å². The van der Waals surface area contributed by atoms with Gasteiger partial charge >= 0.3 is 5.97 Å². The minimum atomic E-state index is -1.02. The Morgan fingerprint density at radius 3 is 2.44 bits per heavy atom. The van der Waals surface area contributed by atoms with Gasteiger partial charge in [-0.25, -0.2) is 4.79 Å². The van der Waals surface area contributed by atoms with Gasteiger partial charge in [-0.15, -0.1) is 0 Å². The van der Waals surface area contributed by atoms with Crippen LogP contribution in [-0.4, -0.2) is 23.0 Å². The number of halogens is 1. The summed E-state index contributed by atoms with van der Waals surface area (Å²) in [6, 6.07) is 2.76. The van der Waals surface area contributed by atoms with Gasteiger partial charge in [0.15, 0.2) is 0 Å². The van der Waals surface area contributed by atoms with Gasteiger partial charge in [0.25, 0.3) is 5.91 Å². The first-order valence-electron chi connectivity index (χ1n) is 5.67. The molecular formula is C13H16BrNO3. The van der Waals surface area contributed by atoms with Crippen molar-refractivity contribution in [1.29, 1.82) is 0 Å². The maximum Gasteiger partial charge on any atom is 0.326 e. The van der Waals surface area contributed by atoms with Gasteiger partial charge in [0.1, 0.15) is 6.04 Å². The highest BCUT2D eigenvalue weighted by molar-refractivity contribution is 9.10. The fourth-order valence-corrected chi connectivity index (χ4v) is 2.06. The summed E-state index contributed by atoms with van der Waals surface area (Å²) in [4.78, 5) is 22.9. The second-order valence-corrected chi connectivity index (χ2v) is 5.04. The molecule has 0 bridgehead atoms. The van der Waals surface area contributed by atoms with Crippen LogP contribution in [0.1, 0.15) is 34.8 Å². The summed E-state index contributed by atoms with van der Waals surface area (Å²) in [5.74, 6) is -1.37. The number of carbonyl (C=O) groups is 2. The molecule has 0 saturated carbocycles. The zero-order chi connectivity index (χ0) is 13.9. The number of hydrogen-bond acceptors (Lipinski definition) is 2. The molecule has 1 amide bonds. The lowest BCUT2D eigenvalue weighted by atomic mass is 10.0. The van der Waals surface area contributed by atoms with Crippen LogP contribution in [0.5, 0.6) is 0 Å². The predicted octanol–water partition coefficient (Wildman–Crippen LogP) is 2.66. The Bertz CT molecular complexity index is 485. The third-order valence-corrected chi connectivity index (χ3v) is 3.62. The molecule has 1 aromatic rings. The normalized spacial score (nSPS) is 12.0. The largest absolute Gasteiger partial charge is 0.480 e. The lowest BCUT2D eigenvalue weighted by molar-refractivity contribution is -0.139. The topological polar surface area (TPSA) is 66.4 Å². The van der Waals surface area contributed by atoms with Crippen LogP contribution >= 0.6 is 15.9 Å². The lowest BCUT2D eigenvalue weighted by Crippen LogP contribution is -2.40. The molecule has 0 aliphatic carbocycles. The standard InChI is InChI=1S/C13H16BrNO3/c1-4-11(13(17)18)15-12(16)9-5-8(3)10(14)6-7(9)2/h5-6,11H,4H2,1-3H3,(H,15,16)(H,17,18). The van der Waals surface area contributed by atoms with E-state index in [-0.39, 0.29) is 5.91 Å². The molecule has 1 unspecified atom stereocenters. The highest BCUT2D eigenvalue weighted by Gasteiger charge is 2.19. The fraction of sp³-hybridized carbons (Fsp3) is 0.385. The van der Waals surface area contributed by atoms with Crippen molar-refractivity contribution >= 4 is 27.8 Å². The second kappa shape index (κ2) is 6.00. The zero-order valence-corrected chi connectivity index (χ0v) is 12.2. The highest BCUT2D eigenvalue weighted by Crippen LogP contribution is 2.21. The Morgan fingerprint density at radius 2 is 1.94 bits per heavy atom. The molecule has 1 rings (SSSR count). The van der Waals surface area contributed by atoms with Crippen molar-refractivity contribution in [1.82, 2.24) is 5.32 Å². The lowest BCUT2D eigenvalue weighted by Gasteiger charge is -2.14. The van der Waals surface area contributed by atoms with E-state index in [1.807, 2.05) is 19.9 Å². The Kier molecular flexibility index (Phi) is 4.90. The molecule has 4 nitrogen and oxygen atoms in total. The maximum atomic E-state index is 12.0. The third-order valence-electron chi connectivity index (χ3n) is 2.76. The smallest absolute Gasteiger partial charge is 0.326 e. The summed E-state index contributed by atoms with van der Waals surface area (Å²) in [6.45, 7) is 5.42. The Hall–Kier alpha value is -1.36. The summed E-state index contributed by atoms with van der Waals surface area (Å²) < 4.78 is 0.932. The van der Waals surface area contributed by atoms with Crippen LogP contribution in [0.3, 0.4) is 0 Å². The fourth-order valence-electron chi connectivity index (χ4n) is 1.60. The van der Waals surface area contributed by atoms with Crippen molar-refractivity contribution in [2.75, 3.05) is 0 Å². The van der Waals surface area contributed by atoms with Crippen molar-refractivity contribution in [3.63, 3.8) is 0 Å². The first-order chi connectivity index (χ1) is 8.36. The molecule has 0 heterocycles. The average molecular weight is 314 g/mol. The highest BCUT2D eigenvalue weighted by atomic mass is 79.9. The van der Waals surface area contributed by atoms with E-state index in [0.29, 0.717) is 12.0 Å². The molecule has 0 saturated heterocycles. The van der Waals surface area contributed by atoms with Gasteiger partial charge in [-0.2, -0.15) is 0 Å². The molecule has 5 heteroatoms. The van der Waals surface area contributed by atoms with E-state index in [0.717, 1.165) is 15.6 Å². The molecule has 0 aliphatic heterocycles. The van der Waals surface area contributed by atoms with Gasteiger partial charge in [0.2, 0.25) is 0 Å². The van der Waals surface area contributed by atoms with Crippen molar-refractivity contribution in [3.8, 4) is 0 Å². The van der Waals surface area contributed by atoms with Crippen molar-refractivity contribution in [3.05, 3.63) is 33.3 Å². The van der Waals surface area contributed by atoms with Crippen LogP contribution in [0.2, 0.25) is 0 Å². The predicted molar refractivity (Wildman–Crippen MR) is 72.8 cm³/mol. The average Bonchev–Trinajstić information content (AvgIpc) is 2.29. The Balaban J connectivity index is 2.97. The van der Waals surface area contributed by atoms with E-state index in [4.69, 9.17) is 5.11 Å². The Labute approximate surface area is 115 Å². The van der Waals surface area contributed by atoms with E-state index >= 15 is 0 Å². The number of rotatable bonds is 4. The van der Waals surface area contributed by atoms with Crippen LogP contribution < -0.4 is 5.32 Å². The number of aryl methyl sites for hydroxylation is 2. The number of hydrogen-bond donors (Lipinski definition) is 2. The molecule has 18 heavy (non-hydrogen) atoms. The van der Waals surface area contributed by atoms with E-state index in [1.54, 1.807) is 13.0 Å². The molecule has 1 aromatic carbocycles. The first-order valence-corrected chi connectivity index (χ1v) is 6.46. The number of carboxylic acid groups (broad SMARTS) is 1. The third kappa shape index (κ3) is 3.32. The van der Waals surface area contributed by atoms with Crippen molar-refractivity contribution in [2.45, 2.75) is 33.2 Å². The number of nitrogens with one attached hydrogen (secondary N) is 1. The zero-order valence-electron chi connectivity index (χ0n) is 10.6. The number of carboxylic acids is 1. The summed E-state index contributed by atoms with van der Waals surface area (Å²) in [5, 5.41) is 11.4. The molecule has 0 aliphatic rings. The molecule has 1 atom stereocenters. The van der Waals surface area contributed by atoms with Gasteiger partial charge in [0, 0.05) is 10.0 Å². The van der Waals surface area contributed by atoms with Gasteiger partial charge in [-0.05, 0) is 43.5 Å². The van der Waals surface area contributed by atoms with Crippen LogP contribution in [0, 0.1) is 13.8 Å². The van der Waals surface area contributed by atoms with Crippen LogP contribution in [0.4, 0.5) is 0 Å². The number of benzene rings is 1. The SMILES string of the molecule is CCC(NC(=O)c1cc(C)c(Br)cc1C)C(=O)O. The number of aliphatic carboxylic acids is 1. The van der Waals surface area contributed by atoms with Crippen molar-refractivity contribution in [2.24, 2.45) is 0 Å². The molecular weight excluding hydrogens is 298 g/mol. The molecule has 2 N–H and O–H groups in total. The monoisotopic (exact) mass is 313 g/mol. The Morgan fingerprint density at radius 1 is 1.33 bits per heavy atom. The molecule has 0 aromatic heterocycles. The van der Waals surface area contributed by atoms with Crippen molar-refractivity contribution < 1.29 is 14.7 Å². The van der Waals surface area contributed by atoms with Gasteiger partial charge < -0.3 is 10.4 Å². The van der Waals surface area contributed by atoms with E-state index in [2.05, 4.69) is 21.2 Å². The number of carbonyl (C=O) groups excluding carboxylic acids is 1. The minimum Gasteiger partial charge on any atom is -0.480 e.